The van der Waals surface area contributed by atoms with Crippen molar-refractivity contribution in [2.24, 2.45) is 5.92 Å². The van der Waals surface area contributed by atoms with Crippen molar-refractivity contribution >= 4 is 18.1 Å². The van der Waals surface area contributed by atoms with Gasteiger partial charge in [0.05, 0.1) is 6.04 Å². The molecule has 1 aromatic rings. The summed E-state index contributed by atoms with van der Waals surface area (Å²) in [5, 5.41) is 0. The van der Waals surface area contributed by atoms with E-state index in [0.717, 1.165) is 23.1 Å². The van der Waals surface area contributed by atoms with E-state index in [0.29, 0.717) is 5.56 Å². The third kappa shape index (κ3) is 4.50. The first-order valence-corrected chi connectivity index (χ1v) is 7.21. The first kappa shape index (κ1) is 17.8. The lowest BCUT2D eigenvalue weighted by molar-refractivity contribution is -0.274. The number of amides is 2. The topological polar surface area (TPSA) is 55.8 Å². The van der Waals surface area contributed by atoms with Crippen LogP contribution in [0.2, 0.25) is 0 Å². The summed E-state index contributed by atoms with van der Waals surface area (Å²) >= 11 is 0. The molecule has 8 heteroatoms. The lowest BCUT2D eigenvalue weighted by Crippen LogP contribution is -2.40. The van der Waals surface area contributed by atoms with Gasteiger partial charge in [-0.2, -0.15) is 0 Å². The zero-order chi connectivity index (χ0) is 17.9. The average molecular weight is 343 g/mol. The van der Waals surface area contributed by atoms with E-state index in [4.69, 9.17) is 4.74 Å². The molecule has 1 atom stereocenters. The van der Waals surface area contributed by atoms with Crippen molar-refractivity contribution < 1.29 is 32.2 Å². The highest BCUT2D eigenvalue weighted by atomic mass is 19.4. The maximum absolute atomic E-state index is 12.2. The SMILES string of the molecule is CC(C)C1COC(=O)N1C(=O)C=Cc1cccc(OC(F)(F)F)c1. The number of hydrogen-bond donors (Lipinski definition) is 0. The van der Waals surface area contributed by atoms with Crippen LogP contribution in [0, 0.1) is 5.92 Å². The normalized spacial score (nSPS) is 18.3. The van der Waals surface area contributed by atoms with E-state index < -0.39 is 24.1 Å². The molecule has 1 saturated heterocycles. The molecule has 0 spiro atoms. The number of carbonyl (C=O) groups excluding carboxylic acids is 2. The molecule has 0 aliphatic carbocycles. The molecule has 24 heavy (non-hydrogen) atoms. The summed E-state index contributed by atoms with van der Waals surface area (Å²) in [5.41, 5.74) is 0.332. The van der Waals surface area contributed by atoms with Crippen LogP contribution in [0.3, 0.4) is 0 Å². The predicted octanol–water partition coefficient (Wildman–Crippen LogP) is 3.60. The standard InChI is InChI=1S/C16H16F3NO4/c1-10(2)13-9-23-15(22)20(13)14(21)7-6-11-4-3-5-12(8-11)24-16(17,18)19/h3-8,10,13H,9H2,1-2H3. The van der Waals surface area contributed by atoms with Gasteiger partial charge in [0.2, 0.25) is 0 Å². The maximum atomic E-state index is 12.2. The van der Waals surface area contributed by atoms with Gasteiger partial charge < -0.3 is 9.47 Å². The minimum Gasteiger partial charge on any atom is -0.447 e. The third-order valence-corrected chi connectivity index (χ3v) is 3.42. The van der Waals surface area contributed by atoms with E-state index in [1.54, 1.807) is 0 Å². The van der Waals surface area contributed by atoms with Gasteiger partial charge in [0, 0.05) is 6.08 Å². The van der Waals surface area contributed by atoms with Crippen LogP contribution in [0.15, 0.2) is 30.3 Å². The molecular formula is C16H16F3NO4. The first-order chi connectivity index (χ1) is 11.2. The second-order valence-corrected chi connectivity index (χ2v) is 5.55. The van der Waals surface area contributed by atoms with Gasteiger partial charge in [-0.05, 0) is 29.7 Å². The minimum atomic E-state index is -4.79. The Hall–Kier alpha value is -2.51. The molecule has 1 aliphatic heterocycles. The zero-order valence-electron chi connectivity index (χ0n) is 13.0. The van der Waals surface area contributed by atoms with Gasteiger partial charge in [-0.1, -0.05) is 26.0 Å². The lowest BCUT2D eigenvalue weighted by Gasteiger charge is -2.21. The molecule has 0 aromatic heterocycles. The third-order valence-electron chi connectivity index (χ3n) is 3.42. The number of carbonyl (C=O) groups is 2. The second-order valence-electron chi connectivity index (χ2n) is 5.55. The fraction of sp³-hybridized carbons (Fsp3) is 0.375. The molecule has 0 radical (unpaired) electrons. The molecule has 1 aliphatic rings. The van der Waals surface area contributed by atoms with Gasteiger partial charge >= 0.3 is 12.5 Å². The fourth-order valence-electron chi connectivity index (χ4n) is 2.24. The molecule has 1 unspecified atom stereocenters. The van der Waals surface area contributed by atoms with Crippen LogP contribution >= 0.6 is 0 Å². The van der Waals surface area contributed by atoms with Crippen LogP contribution in [0.25, 0.3) is 6.08 Å². The Morgan fingerprint density at radius 2 is 2.12 bits per heavy atom. The van der Waals surface area contributed by atoms with Crippen LogP contribution in [0.4, 0.5) is 18.0 Å². The van der Waals surface area contributed by atoms with E-state index >= 15 is 0 Å². The van der Waals surface area contributed by atoms with E-state index in [1.807, 2.05) is 13.8 Å². The van der Waals surface area contributed by atoms with Gasteiger partial charge in [-0.25, -0.2) is 9.69 Å². The van der Waals surface area contributed by atoms with Gasteiger partial charge in [0.15, 0.2) is 0 Å². The Balaban J connectivity index is 2.11. The number of hydrogen-bond acceptors (Lipinski definition) is 4. The molecular weight excluding hydrogens is 327 g/mol. The highest BCUT2D eigenvalue weighted by molar-refractivity contribution is 6.02. The fourth-order valence-corrected chi connectivity index (χ4v) is 2.24. The summed E-state index contributed by atoms with van der Waals surface area (Å²) in [6.45, 7) is 3.84. The average Bonchev–Trinajstić information content (AvgIpc) is 2.85. The molecule has 1 fully saturated rings. The number of alkyl halides is 3. The van der Waals surface area contributed by atoms with Crippen molar-refractivity contribution in [3.63, 3.8) is 0 Å². The molecule has 0 N–H and O–H groups in total. The van der Waals surface area contributed by atoms with Crippen molar-refractivity contribution in [3.8, 4) is 5.75 Å². The maximum Gasteiger partial charge on any atom is 0.573 e. The van der Waals surface area contributed by atoms with Gasteiger partial charge in [-0.3, -0.25) is 4.79 Å². The molecule has 2 amide bonds. The number of nitrogens with zero attached hydrogens (tertiary/aromatic N) is 1. The Kier molecular flexibility index (Phi) is 5.16. The van der Waals surface area contributed by atoms with E-state index in [1.165, 1.54) is 18.2 Å². The smallest absolute Gasteiger partial charge is 0.447 e. The van der Waals surface area contributed by atoms with E-state index in [2.05, 4.69) is 4.74 Å². The Morgan fingerprint density at radius 1 is 1.42 bits per heavy atom. The highest BCUT2D eigenvalue weighted by Crippen LogP contribution is 2.24. The predicted molar refractivity (Wildman–Crippen MR) is 79.0 cm³/mol. The van der Waals surface area contributed by atoms with Crippen LogP contribution in [-0.4, -0.2) is 35.9 Å². The molecule has 1 aromatic carbocycles. The van der Waals surface area contributed by atoms with Crippen LogP contribution in [0.5, 0.6) is 5.75 Å². The molecule has 2 rings (SSSR count). The Labute approximate surface area is 136 Å². The van der Waals surface area contributed by atoms with Gasteiger partial charge in [0.25, 0.3) is 5.91 Å². The van der Waals surface area contributed by atoms with Crippen molar-refractivity contribution in [1.29, 1.82) is 0 Å². The second kappa shape index (κ2) is 6.94. The monoisotopic (exact) mass is 343 g/mol. The molecule has 5 nitrogen and oxygen atoms in total. The number of imide groups is 1. The summed E-state index contributed by atoms with van der Waals surface area (Å²) in [4.78, 5) is 24.9. The zero-order valence-corrected chi connectivity index (χ0v) is 13.0. The molecule has 0 bridgehead atoms. The minimum absolute atomic E-state index is 0.0253. The molecule has 1 heterocycles. The number of benzene rings is 1. The van der Waals surface area contributed by atoms with E-state index in [9.17, 15) is 22.8 Å². The van der Waals surface area contributed by atoms with Crippen LogP contribution < -0.4 is 4.74 Å². The van der Waals surface area contributed by atoms with Crippen LogP contribution in [-0.2, 0) is 9.53 Å². The first-order valence-electron chi connectivity index (χ1n) is 7.21. The summed E-state index contributed by atoms with van der Waals surface area (Å²) in [5.74, 6) is -0.951. The molecule has 130 valence electrons. The summed E-state index contributed by atoms with van der Waals surface area (Å²) in [6, 6.07) is 4.80. The number of cyclic esters (lactones) is 1. The number of ether oxygens (including phenoxy) is 2. The summed E-state index contributed by atoms with van der Waals surface area (Å²) in [6.07, 6.45) is -3.08. The number of halogens is 3. The quantitative estimate of drug-likeness (QED) is 0.784. The van der Waals surface area contributed by atoms with Gasteiger partial charge in [-0.15, -0.1) is 13.2 Å². The summed E-state index contributed by atoms with van der Waals surface area (Å²) in [7, 11) is 0. The van der Waals surface area contributed by atoms with Crippen molar-refractivity contribution in [2.45, 2.75) is 26.3 Å². The van der Waals surface area contributed by atoms with Crippen molar-refractivity contribution in [1.82, 2.24) is 4.90 Å². The van der Waals surface area contributed by atoms with Crippen LogP contribution in [0.1, 0.15) is 19.4 Å². The van der Waals surface area contributed by atoms with Crippen molar-refractivity contribution in [2.75, 3.05) is 6.61 Å². The van der Waals surface area contributed by atoms with Crippen molar-refractivity contribution in [3.05, 3.63) is 35.9 Å². The number of rotatable bonds is 4. The molecule has 0 saturated carbocycles. The summed E-state index contributed by atoms with van der Waals surface area (Å²) < 4.78 is 45.3. The van der Waals surface area contributed by atoms with E-state index in [-0.39, 0.29) is 18.6 Å². The highest BCUT2D eigenvalue weighted by Gasteiger charge is 2.38. The van der Waals surface area contributed by atoms with Gasteiger partial charge in [0.1, 0.15) is 12.4 Å². The Bertz CT molecular complexity index is 655. The largest absolute Gasteiger partial charge is 0.573 e. The lowest BCUT2D eigenvalue weighted by atomic mass is 10.0. The Morgan fingerprint density at radius 3 is 2.75 bits per heavy atom.